The van der Waals surface area contributed by atoms with Crippen LogP contribution in [0.5, 0.6) is 5.75 Å². The van der Waals surface area contributed by atoms with Crippen LogP contribution in [0.15, 0.2) is 24.3 Å². The second kappa shape index (κ2) is 6.01. The third kappa shape index (κ3) is 3.43. The van der Waals surface area contributed by atoms with Gasteiger partial charge in [-0.15, -0.1) is 0 Å². The zero-order valence-corrected chi connectivity index (χ0v) is 10.3. The van der Waals surface area contributed by atoms with Gasteiger partial charge in [0.25, 0.3) is 0 Å². The molecule has 1 fully saturated rings. The van der Waals surface area contributed by atoms with Crippen molar-refractivity contribution in [2.45, 2.75) is 25.4 Å². The Hall–Kier alpha value is -1.09. The molecule has 2 unspecified atom stereocenters. The second-order valence-electron chi connectivity index (χ2n) is 4.66. The fourth-order valence-electron chi connectivity index (χ4n) is 2.36. The molecule has 1 aliphatic rings. The summed E-state index contributed by atoms with van der Waals surface area (Å²) >= 11 is 0. The molecule has 2 atom stereocenters. The summed E-state index contributed by atoms with van der Waals surface area (Å²) in [4.78, 5) is 0. The SMILES string of the molecule is COc1ccc(CC2CCNCCC2F)cc1. The standard InChI is InChI=1S/C14H20FNO/c1-17-13-4-2-11(3-5-13)10-12-6-8-16-9-7-14(12)15/h2-5,12,14,16H,6-10H2,1H3. The summed E-state index contributed by atoms with van der Waals surface area (Å²) in [5.41, 5.74) is 1.19. The Bertz CT molecular complexity index is 339. The third-order valence-electron chi connectivity index (χ3n) is 3.46. The van der Waals surface area contributed by atoms with Gasteiger partial charge < -0.3 is 10.1 Å². The van der Waals surface area contributed by atoms with Gasteiger partial charge in [0.05, 0.1) is 7.11 Å². The van der Waals surface area contributed by atoms with Crippen molar-refractivity contribution in [3.8, 4) is 5.75 Å². The van der Waals surface area contributed by atoms with E-state index in [1.807, 2.05) is 24.3 Å². The smallest absolute Gasteiger partial charge is 0.118 e. The van der Waals surface area contributed by atoms with E-state index in [9.17, 15) is 4.39 Å². The van der Waals surface area contributed by atoms with Gasteiger partial charge >= 0.3 is 0 Å². The van der Waals surface area contributed by atoms with Crippen molar-refractivity contribution in [3.63, 3.8) is 0 Å². The highest BCUT2D eigenvalue weighted by molar-refractivity contribution is 5.27. The van der Waals surface area contributed by atoms with Crippen molar-refractivity contribution in [2.24, 2.45) is 5.92 Å². The maximum atomic E-state index is 13.9. The molecule has 0 saturated carbocycles. The molecule has 1 N–H and O–H groups in total. The topological polar surface area (TPSA) is 21.3 Å². The van der Waals surface area contributed by atoms with Crippen LogP contribution in [0, 0.1) is 5.92 Å². The highest BCUT2D eigenvalue weighted by Crippen LogP contribution is 2.23. The van der Waals surface area contributed by atoms with Gasteiger partial charge in [0.15, 0.2) is 0 Å². The molecular weight excluding hydrogens is 217 g/mol. The average Bonchev–Trinajstić information content (AvgIpc) is 2.56. The van der Waals surface area contributed by atoms with E-state index < -0.39 is 6.17 Å². The van der Waals surface area contributed by atoms with Gasteiger partial charge in [-0.25, -0.2) is 4.39 Å². The van der Waals surface area contributed by atoms with E-state index in [1.54, 1.807) is 7.11 Å². The van der Waals surface area contributed by atoms with Gasteiger partial charge in [0.1, 0.15) is 11.9 Å². The monoisotopic (exact) mass is 237 g/mol. The summed E-state index contributed by atoms with van der Waals surface area (Å²) < 4.78 is 19.0. The van der Waals surface area contributed by atoms with Crippen molar-refractivity contribution < 1.29 is 9.13 Å². The number of methoxy groups -OCH3 is 1. The maximum absolute atomic E-state index is 13.9. The number of ether oxygens (including phenoxy) is 1. The largest absolute Gasteiger partial charge is 0.497 e. The Balaban J connectivity index is 1.98. The maximum Gasteiger partial charge on any atom is 0.118 e. The lowest BCUT2D eigenvalue weighted by molar-refractivity contribution is 0.219. The zero-order valence-electron chi connectivity index (χ0n) is 10.3. The van der Waals surface area contributed by atoms with E-state index in [0.29, 0.717) is 6.42 Å². The van der Waals surface area contributed by atoms with Crippen LogP contribution in [0.25, 0.3) is 0 Å². The molecule has 1 aromatic rings. The fraction of sp³-hybridized carbons (Fsp3) is 0.571. The molecule has 0 aliphatic carbocycles. The molecule has 2 nitrogen and oxygen atoms in total. The van der Waals surface area contributed by atoms with E-state index in [2.05, 4.69) is 5.32 Å². The molecule has 1 saturated heterocycles. The van der Waals surface area contributed by atoms with E-state index in [1.165, 1.54) is 5.56 Å². The number of alkyl halides is 1. The van der Waals surface area contributed by atoms with Gasteiger partial charge in [-0.05, 0) is 56.0 Å². The van der Waals surface area contributed by atoms with Crippen molar-refractivity contribution in [3.05, 3.63) is 29.8 Å². The van der Waals surface area contributed by atoms with Crippen LogP contribution in [0.3, 0.4) is 0 Å². The lowest BCUT2D eigenvalue weighted by Crippen LogP contribution is -2.18. The second-order valence-corrected chi connectivity index (χ2v) is 4.66. The number of rotatable bonds is 3. The molecular formula is C14H20FNO. The first kappa shape index (κ1) is 12.4. The Morgan fingerprint density at radius 3 is 2.65 bits per heavy atom. The predicted molar refractivity (Wildman–Crippen MR) is 67.2 cm³/mol. The van der Waals surface area contributed by atoms with Gasteiger partial charge in [0, 0.05) is 0 Å². The molecule has 0 spiro atoms. The minimum absolute atomic E-state index is 0.151. The average molecular weight is 237 g/mol. The summed E-state index contributed by atoms with van der Waals surface area (Å²) in [6.45, 7) is 1.74. The van der Waals surface area contributed by atoms with E-state index >= 15 is 0 Å². The molecule has 0 amide bonds. The van der Waals surface area contributed by atoms with Gasteiger partial charge in [-0.2, -0.15) is 0 Å². The van der Waals surface area contributed by atoms with Crippen LogP contribution >= 0.6 is 0 Å². The summed E-state index contributed by atoms with van der Waals surface area (Å²) in [7, 11) is 1.66. The molecule has 2 rings (SSSR count). The number of benzene rings is 1. The Labute approximate surface area is 102 Å². The van der Waals surface area contributed by atoms with Crippen LogP contribution in [0.1, 0.15) is 18.4 Å². The van der Waals surface area contributed by atoms with Gasteiger partial charge in [-0.1, -0.05) is 12.1 Å². The first-order valence-corrected chi connectivity index (χ1v) is 6.27. The quantitative estimate of drug-likeness (QED) is 0.872. The summed E-state index contributed by atoms with van der Waals surface area (Å²) in [6, 6.07) is 7.95. The van der Waals surface area contributed by atoms with Crippen molar-refractivity contribution in [1.82, 2.24) is 5.32 Å². The summed E-state index contributed by atoms with van der Waals surface area (Å²) in [5, 5.41) is 3.25. The fourth-order valence-corrected chi connectivity index (χ4v) is 2.36. The third-order valence-corrected chi connectivity index (χ3v) is 3.46. The first-order chi connectivity index (χ1) is 8.29. The van der Waals surface area contributed by atoms with Crippen LogP contribution in [0.4, 0.5) is 4.39 Å². The van der Waals surface area contributed by atoms with Crippen LogP contribution in [0.2, 0.25) is 0 Å². The lowest BCUT2D eigenvalue weighted by Gasteiger charge is -2.18. The summed E-state index contributed by atoms with van der Waals surface area (Å²) in [6.07, 6.45) is 1.72. The molecule has 0 radical (unpaired) electrons. The Morgan fingerprint density at radius 1 is 1.24 bits per heavy atom. The predicted octanol–water partition coefficient (Wildman–Crippen LogP) is 2.58. The molecule has 17 heavy (non-hydrogen) atoms. The normalized spacial score (nSPS) is 25.3. The highest BCUT2D eigenvalue weighted by atomic mass is 19.1. The van der Waals surface area contributed by atoms with E-state index in [-0.39, 0.29) is 5.92 Å². The zero-order chi connectivity index (χ0) is 12.1. The van der Waals surface area contributed by atoms with E-state index in [0.717, 1.165) is 31.7 Å². The molecule has 0 bridgehead atoms. The molecule has 1 aromatic carbocycles. The van der Waals surface area contributed by atoms with Crippen molar-refractivity contribution in [2.75, 3.05) is 20.2 Å². The van der Waals surface area contributed by atoms with E-state index in [4.69, 9.17) is 4.74 Å². The molecule has 1 heterocycles. The van der Waals surface area contributed by atoms with Crippen molar-refractivity contribution in [1.29, 1.82) is 0 Å². The van der Waals surface area contributed by atoms with Crippen molar-refractivity contribution >= 4 is 0 Å². The van der Waals surface area contributed by atoms with Crippen LogP contribution in [-0.2, 0) is 6.42 Å². The summed E-state index contributed by atoms with van der Waals surface area (Å²) in [5.74, 6) is 1.01. The molecule has 0 aromatic heterocycles. The molecule has 3 heteroatoms. The highest BCUT2D eigenvalue weighted by Gasteiger charge is 2.23. The Morgan fingerprint density at radius 2 is 1.94 bits per heavy atom. The van der Waals surface area contributed by atoms with Gasteiger partial charge in [-0.3, -0.25) is 0 Å². The number of hydrogen-bond donors (Lipinski definition) is 1. The number of halogens is 1. The first-order valence-electron chi connectivity index (χ1n) is 6.27. The molecule has 94 valence electrons. The Kier molecular flexibility index (Phi) is 4.37. The van der Waals surface area contributed by atoms with Crippen LogP contribution in [-0.4, -0.2) is 26.4 Å². The number of nitrogens with one attached hydrogen (secondary N) is 1. The minimum Gasteiger partial charge on any atom is -0.497 e. The number of hydrogen-bond acceptors (Lipinski definition) is 2. The van der Waals surface area contributed by atoms with Gasteiger partial charge in [0.2, 0.25) is 0 Å². The minimum atomic E-state index is -0.674. The van der Waals surface area contributed by atoms with Crippen LogP contribution < -0.4 is 10.1 Å². The molecule has 1 aliphatic heterocycles. The lowest BCUT2D eigenvalue weighted by atomic mass is 9.91.